The maximum Gasteiger partial charge on any atom is 0.318 e. The fourth-order valence-electron chi connectivity index (χ4n) is 0.723. The van der Waals surface area contributed by atoms with Gasteiger partial charge < -0.3 is 5.11 Å². The highest BCUT2D eigenvalue weighted by Gasteiger charge is 2.22. The maximum atomic E-state index is 11.3. The summed E-state index contributed by atoms with van der Waals surface area (Å²) in [5.41, 5.74) is 0. The maximum absolute atomic E-state index is 11.3. The Bertz CT molecular complexity index is 344. The highest BCUT2D eigenvalue weighted by molar-refractivity contribution is 7.93. The first-order valence-corrected chi connectivity index (χ1v) is 7.59. The molecule has 0 aliphatic heterocycles. The second-order valence-corrected chi connectivity index (χ2v) is 8.03. The Morgan fingerprint density at radius 3 is 2.13 bits per heavy atom. The lowest BCUT2D eigenvalue weighted by Crippen LogP contribution is -2.28. The summed E-state index contributed by atoms with van der Waals surface area (Å²) in [6, 6.07) is 0. The molecule has 0 amide bonds. The third-order valence-corrected chi connectivity index (χ3v) is 6.09. The van der Waals surface area contributed by atoms with E-state index < -0.39 is 37.1 Å². The van der Waals surface area contributed by atoms with E-state index in [1.807, 2.05) is 0 Å². The molecule has 2 unspecified atom stereocenters. The van der Waals surface area contributed by atoms with E-state index in [2.05, 4.69) is 0 Å². The predicted octanol–water partition coefficient (Wildman–Crippen LogP) is 0.0314. The highest BCUT2D eigenvalue weighted by atomic mass is 32.2. The monoisotopic (exact) mass is 256 g/mol. The summed E-state index contributed by atoms with van der Waals surface area (Å²) in [6.45, 7) is 4.39. The number of sulfone groups is 1. The number of carboxylic acid groups (broad SMARTS) is 1. The smallest absolute Gasteiger partial charge is 0.318 e. The van der Waals surface area contributed by atoms with Crippen LogP contribution in [0, 0.1) is 0 Å². The van der Waals surface area contributed by atoms with Gasteiger partial charge in [0.15, 0.2) is 9.84 Å². The summed E-state index contributed by atoms with van der Waals surface area (Å²) in [6.07, 6.45) is 0. The molecule has 1 N–H and O–H groups in total. The second-order valence-electron chi connectivity index (χ2n) is 3.48. The molecule has 0 aliphatic rings. The SMILES string of the molecule is CC(C(=O)O)S(=O)CCS(=O)(=O)C(C)C. The quantitative estimate of drug-likeness (QED) is 0.724. The Morgan fingerprint density at radius 2 is 1.80 bits per heavy atom. The van der Waals surface area contributed by atoms with E-state index in [1.165, 1.54) is 6.92 Å². The lowest BCUT2D eigenvalue weighted by Gasteiger charge is -2.09. The zero-order valence-corrected chi connectivity index (χ0v) is 10.6. The van der Waals surface area contributed by atoms with Crippen molar-refractivity contribution in [3.05, 3.63) is 0 Å². The molecule has 15 heavy (non-hydrogen) atoms. The van der Waals surface area contributed by atoms with Gasteiger partial charge in [-0.2, -0.15) is 0 Å². The number of aliphatic carboxylic acids is 1. The first kappa shape index (κ1) is 14.6. The van der Waals surface area contributed by atoms with Crippen LogP contribution < -0.4 is 0 Å². The van der Waals surface area contributed by atoms with Gasteiger partial charge in [-0.25, -0.2) is 8.42 Å². The van der Waals surface area contributed by atoms with Crippen LogP contribution in [0.5, 0.6) is 0 Å². The van der Waals surface area contributed by atoms with Crippen molar-refractivity contribution >= 4 is 26.6 Å². The summed E-state index contributed by atoms with van der Waals surface area (Å²) in [4.78, 5) is 10.5. The molecular formula is C8H16O5S2. The molecule has 0 bridgehead atoms. The van der Waals surface area contributed by atoms with Crippen molar-refractivity contribution in [3.63, 3.8) is 0 Å². The van der Waals surface area contributed by atoms with Crippen molar-refractivity contribution < 1.29 is 22.5 Å². The Labute approximate surface area is 92.2 Å². The van der Waals surface area contributed by atoms with E-state index in [4.69, 9.17) is 5.11 Å². The molecule has 0 aliphatic carbocycles. The molecule has 0 fully saturated rings. The first-order chi connectivity index (χ1) is 6.68. The van der Waals surface area contributed by atoms with Gasteiger partial charge in [0.2, 0.25) is 0 Å². The first-order valence-electron chi connectivity index (χ1n) is 4.50. The molecule has 0 radical (unpaired) electrons. The van der Waals surface area contributed by atoms with E-state index >= 15 is 0 Å². The van der Waals surface area contributed by atoms with Gasteiger partial charge in [-0.15, -0.1) is 0 Å². The largest absolute Gasteiger partial charge is 0.480 e. The van der Waals surface area contributed by atoms with Gasteiger partial charge in [-0.1, -0.05) is 0 Å². The molecule has 0 spiro atoms. The number of hydrogen-bond acceptors (Lipinski definition) is 4. The van der Waals surface area contributed by atoms with Crippen LogP contribution in [-0.4, -0.2) is 45.7 Å². The Kier molecular flexibility index (Phi) is 5.44. The van der Waals surface area contributed by atoms with Crippen LogP contribution in [0.15, 0.2) is 0 Å². The van der Waals surface area contributed by atoms with Crippen molar-refractivity contribution in [1.82, 2.24) is 0 Å². The zero-order valence-electron chi connectivity index (χ0n) is 8.97. The van der Waals surface area contributed by atoms with Gasteiger partial charge in [0, 0.05) is 16.6 Å². The molecule has 7 heteroatoms. The molecule has 0 aromatic heterocycles. The average molecular weight is 256 g/mol. The minimum atomic E-state index is -3.24. The predicted molar refractivity (Wildman–Crippen MR) is 59.0 cm³/mol. The van der Waals surface area contributed by atoms with E-state index in [0.717, 1.165) is 0 Å². The standard InChI is InChI=1S/C8H16O5S2/c1-6(2)15(12,13)5-4-14(11)7(3)8(9)10/h6-7H,4-5H2,1-3H3,(H,9,10). The molecule has 0 heterocycles. The zero-order chi connectivity index (χ0) is 12.2. The van der Waals surface area contributed by atoms with Gasteiger partial charge in [0.05, 0.1) is 11.0 Å². The van der Waals surface area contributed by atoms with Crippen LogP contribution in [0.4, 0.5) is 0 Å². The van der Waals surface area contributed by atoms with Gasteiger partial charge in [0.1, 0.15) is 5.25 Å². The van der Waals surface area contributed by atoms with Crippen LogP contribution in [0.2, 0.25) is 0 Å². The second kappa shape index (κ2) is 5.60. The third kappa shape index (κ3) is 4.74. The fourth-order valence-corrected chi connectivity index (χ4v) is 3.36. The molecule has 0 aromatic rings. The van der Waals surface area contributed by atoms with E-state index in [0.29, 0.717) is 0 Å². The normalized spacial score (nSPS) is 16.3. The van der Waals surface area contributed by atoms with Gasteiger partial charge in [0.25, 0.3) is 0 Å². The summed E-state index contributed by atoms with van der Waals surface area (Å²) < 4.78 is 34.0. The molecule has 0 saturated carbocycles. The van der Waals surface area contributed by atoms with Gasteiger partial charge in [-0.05, 0) is 20.8 Å². The summed E-state index contributed by atoms with van der Waals surface area (Å²) in [5, 5.41) is 7.01. The number of carbonyl (C=O) groups is 1. The topological polar surface area (TPSA) is 88.5 Å². The van der Waals surface area contributed by atoms with Crippen LogP contribution in [0.25, 0.3) is 0 Å². The molecule has 0 saturated heterocycles. The Balaban J connectivity index is 4.31. The summed E-state index contributed by atoms with van der Waals surface area (Å²) >= 11 is 0. The Hall–Kier alpha value is -0.430. The minimum absolute atomic E-state index is 0.117. The summed E-state index contributed by atoms with van der Waals surface area (Å²) in [5.74, 6) is -1.52. The van der Waals surface area contributed by atoms with Gasteiger partial charge >= 0.3 is 5.97 Å². The van der Waals surface area contributed by atoms with Crippen LogP contribution in [-0.2, 0) is 25.4 Å². The fraction of sp³-hybridized carbons (Fsp3) is 0.875. The molecule has 0 aromatic carbocycles. The molecule has 90 valence electrons. The third-order valence-electron chi connectivity index (χ3n) is 2.03. The molecule has 0 rings (SSSR count). The number of carboxylic acids is 1. The van der Waals surface area contributed by atoms with Crippen molar-refractivity contribution in [3.8, 4) is 0 Å². The summed E-state index contributed by atoms with van der Waals surface area (Å²) in [7, 11) is -4.88. The van der Waals surface area contributed by atoms with Crippen LogP contribution in [0.1, 0.15) is 20.8 Å². The van der Waals surface area contributed by atoms with Crippen LogP contribution in [0.3, 0.4) is 0 Å². The lowest BCUT2D eigenvalue weighted by molar-refractivity contribution is -0.136. The van der Waals surface area contributed by atoms with E-state index in [9.17, 15) is 17.4 Å². The van der Waals surface area contributed by atoms with Crippen LogP contribution >= 0.6 is 0 Å². The number of hydrogen-bond donors (Lipinski definition) is 1. The Morgan fingerprint density at radius 1 is 1.33 bits per heavy atom. The van der Waals surface area contributed by atoms with Crippen molar-refractivity contribution in [1.29, 1.82) is 0 Å². The number of rotatable bonds is 6. The highest BCUT2D eigenvalue weighted by Crippen LogP contribution is 2.03. The van der Waals surface area contributed by atoms with Crippen molar-refractivity contribution in [2.24, 2.45) is 0 Å². The molecular weight excluding hydrogens is 240 g/mol. The average Bonchev–Trinajstić information content (AvgIpc) is 2.12. The van der Waals surface area contributed by atoms with E-state index in [1.54, 1.807) is 13.8 Å². The van der Waals surface area contributed by atoms with Crippen molar-refractivity contribution in [2.45, 2.75) is 31.3 Å². The molecule has 5 nitrogen and oxygen atoms in total. The van der Waals surface area contributed by atoms with Gasteiger partial charge in [-0.3, -0.25) is 9.00 Å². The molecule has 2 atom stereocenters. The van der Waals surface area contributed by atoms with Crippen molar-refractivity contribution in [2.75, 3.05) is 11.5 Å². The lowest BCUT2D eigenvalue weighted by atomic mass is 10.5. The van der Waals surface area contributed by atoms with E-state index in [-0.39, 0.29) is 11.5 Å². The minimum Gasteiger partial charge on any atom is -0.480 e.